The van der Waals surface area contributed by atoms with E-state index in [1.807, 2.05) is 6.92 Å². The van der Waals surface area contributed by atoms with Crippen molar-refractivity contribution in [2.24, 2.45) is 5.10 Å². The summed E-state index contributed by atoms with van der Waals surface area (Å²) in [5.74, 6) is 1.28. The molecule has 2 aromatic heterocycles. The zero-order chi connectivity index (χ0) is 20.4. The third-order valence-corrected chi connectivity index (χ3v) is 5.75. The maximum absolute atomic E-state index is 12.9. The zero-order valence-electron chi connectivity index (χ0n) is 16.5. The van der Waals surface area contributed by atoms with Crippen molar-refractivity contribution in [1.82, 2.24) is 15.0 Å². The highest BCUT2D eigenvalue weighted by molar-refractivity contribution is 6.30. The molecule has 1 aliphatic heterocycles. The van der Waals surface area contributed by atoms with Gasteiger partial charge in [-0.15, -0.1) is 0 Å². The first-order chi connectivity index (χ1) is 14.1. The van der Waals surface area contributed by atoms with E-state index in [-0.39, 0.29) is 11.9 Å². The van der Waals surface area contributed by atoms with E-state index in [4.69, 9.17) is 16.6 Å². The number of likely N-dealkylation sites (N-methyl/N-ethyl adjacent to an activating group) is 1. The Morgan fingerprint density at radius 3 is 2.76 bits per heavy atom. The van der Waals surface area contributed by atoms with Crippen molar-refractivity contribution in [2.45, 2.75) is 51.1 Å². The van der Waals surface area contributed by atoms with Gasteiger partial charge in [0, 0.05) is 19.3 Å². The summed E-state index contributed by atoms with van der Waals surface area (Å²) in [6.45, 7) is 2.05. The Labute approximate surface area is 175 Å². The summed E-state index contributed by atoms with van der Waals surface area (Å²) in [5.41, 5.74) is 4.28. The molecule has 1 unspecified atom stereocenters. The molecule has 2 aromatic rings. The van der Waals surface area contributed by atoms with E-state index < -0.39 is 0 Å². The van der Waals surface area contributed by atoms with Crippen molar-refractivity contribution < 1.29 is 4.79 Å². The van der Waals surface area contributed by atoms with Crippen LogP contribution >= 0.6 is 11.6 Å². The van der Waals surface area contributed by atoms with Crippen LogP contribution in [0.2, 0.25) is 5.02 Å². The molecule has 1 aliphatic carbocycles. The fraction of sp³-hybridized carbons (Fsp3) is 0.450. The number of carbonyl (C=O) groups is 1. The molecular weight excluding hydrogens is 390 g/mol. The molecule has 1 fully saturated rings. The second-order valence-electron chi connectivity index (χ2n) is 7.34. The quantitative estimate of drug-likeness (QED) is 0.596. The predicted molar refractivity (Wildman–Crippen MR) is 115 cm³/mol. The molecule has 0 radical (unpaired) electrons. The Morgan fingerprint density at radius 2 is 2.07 bits per heavy atom. The number of pyridine rings is 1. The van der Waals surface area contributed by atoms with Gasteiger partial charge in [0.05, 0.1) is 23.1 Å². The van der Waals surface area contributed by atoms with Gasteiger partial charge in [0.15, 0.2) is 5.82 Å². The van der Waals surface area contributed by atoms with Gasteiger partial charge >= 0.3 is 0 Å². The first kappa shape index (κ1) is 19.6. The third-order valence-electron chi connectivity index (χ3n) is 5.52. The van der Waals surface area contributed by atoms with Crippen LogP contribution in [-0.4, -0.2) is 46.2 Å². The SMILES string of the molecule is CCC1C(=O)N(C)c2cnc(N/N=C/c3ccc(Cl)cn3)nc2N1C1CCCC1. The van der Waals surface area contributed by atoms with Crippen LogP contribution in [0.5, 0.6) is 0 Å². The first-order valence-corrected chi connectivity index (χ1v) is 10.3. The number of halogens is 1. The summed E-state index contributed by atoms with van der Waals surface area (Å²) in [7, 11) is 1.79. The Balaban J connectivity index is 1.61. The molecule has 2 aliphatic rings. The van der Waals surface area contributed by atoms with Crippen LogP contribution in [-0.2, 0) is 4.79 Å². The highest BCUT2D eigenvalue weighted by Crippen LogP contribution is 2.39. The average Bonchev–Trinajstić information content (AvgIpc) is 3.26. The fourth-order valence-corrected chi connectivity index (χ4v) is 4.17. The normalized spacial score (nSPS) is 19.8. The minimum atomic E-state index is -0.194. The van der Waals surface area contributed by atoms with Crippen molar-refractivity contribution in [2.75, 3.05) is 22.3 Å². The molecule has 0 bridgehead atoms. The van der Waals surface area contributed by atoms with Crippen molar-refractivity contribution in [3.05, 3.63) is 35.2 Å². The van der Waals surface area contributed by atoms with Gasteiger partial charge in [-0.2, -0.15) is 10.1 Å². The largest absolute Gasteiger partial charge is 0.340 e. The van der Waals surface area contributed by atoms with Crippen molar-refractivity contribution >= 4 is 41.2 Å². The minimum Gasteiger partial charge on any atom is -0.340 e. The molecule has 4 rings (SSSR count). The number of hydrogen-bond acceptors (Lipinski definition) is 7. The topological polar surface area (TPSA) is 86.6 Å². The number of hydrogen-bond donors (Lipinski definition) is 1. The van der Waals surface area contributed by atoms with Crippen LogP contribution < -0.4 is 15.2 Å². The minimum absolute atomic E-state index is 0.100. The number of carbonyl (C=O) groups excluding carboxylic acids is 1. The first-order valence-electron chi connectivity index (χ1n) is 9.92. The monoisotopic (exact) mass is 413 g/mol. The number of nitrogens with zero attached hydrogens (tertiary/aromatic N) is 6. The van der Waals surface area contributed by atoms with Crippen LogP contribution in [0.15, 0.2) is 29.6 Å². The molecule has 1 amide bonds. The number of nitrogens with one attached hydrogen (secondary N) is 1. The molecule has 0 spiro atoms. The maximum Gasteiger partial charge on any atom is 0.249 e. The van der Waals surface area contributed by atoms with E-state index in [9.17, 15) is 4.79 Å². The molecule has 1 atom stereocenters. The van der Waals surface area contributed by atoms with Crippen LogP contribution in [0.4, 0.5) is 17.5 Å². The van der Waals surface area contributed by atoms with Crippen LogP contribution in [0, 0.1) is 0 Å². The highest BCUT2D eigenvalue weighted by Gasteiger charge is 2.41. The highest BCUT2D eigenvalue weighted by atomic mass is 35.5. The Morgan fingerprint density at radius 1 is 1.28 bits per heavy atom. The Kier molecular flexibility index (Phi) is 5.62. The molecule has 0 aromatic carbocycles. The van der Waals surface area contributed by atoms with Crippen molar-refractivity contribution in [3.63, 3.8) is 0 Å². The van der Waals surface area contributed by atoms with E-state index in [1.165, 1.54) is 12.8 Å². The summed E-state index contributed by atoms with van der Waals surface area (Å²) in [6, 6.07) is 3.67. The lowest BCUT2D eigenvalue weighted by molar-refractivity contribution is -0.120. The molecule has 9 heteroatoms. The number of amides is 1. The average molecular weight is 414 g/mol. The van der Waals surface area contributed by atoms with E-state index in [2.05, 4.69) is 25.4 Å². The molecule has 0 saturated heterocycles. The van der Waals surface area contributed by atoms with Gasteiger partial charge in [-0.3, -0.25) is 9.78 Å². The van der Waals surface area contributed by atoms with Gasteiger partial charge in [-0.25, -0.2) is 10.4 Å². The summed E-state index contributed by atoms with van der Waals surface area (Å²) >= 11 is 5.85. The van der Waals surface area contributed by atoms with Gasteiger partial charge < -0.3 is 9.80 Å². The van der Waals surface area contributed by atoms with Crippen molar-refractivity contribution in [3.8, 4) is 0 Å². The summed E-state index contributed by atoms with van der Waals surface area (Å²) in [4.78, 5) is 30.0. The number of hydrazone groups is 1. The van der Waals surface area contributed by atoms with E-state index in [1.54, 1.807) is 42.7 Å². The van der Waals surface area contributed by atoms with Gasteiger partial charge in [0.25, 0.3) is 0 Å². The second-order valence-corrected chi connectivity index (χ2v) is 7.78. The van der Waals surface area contributed by atoms with E-state index >= 15 is 0 Å². The molecule has 1 N–H and O–H groups in total. The molecule has 152 valence electrons. The van der Waals surface area contributed by atoms with Crippen LogP contribution in [0.25, 0.3) is 0 Å². The molecule has 29 heavy (non-hydrogen) atoms. The molecular formula is C20H24ClN7O. The lowest BCUT2D eigenvalue weighted by atomic mass is 10.0. The van der Waals surface area contributed by atoms with E-state index in [0.717, 1.165) is 30.8 Å². The lowest BCUT2D eigenvalue weighted by Crippen LogP contribution is -2.55. The number of aromatic nitrogens is 3. The molecule has 1 saturated carbocycles. The fourth-order valence-electron chi connectivity index (χ4n) is 4.06. The number of fused-ring (bicyclic) bond motifs is 1. The van der Waals surface area contributed by atoms with Gasteiger partial charge in [0.2, 0.25) is 11.9 Å². The maximum atomic E-state index is 12.9. The summed E-state index contributed by atoms with van der Waals surface area (Å²) in [5, 5.41) is 4.75. The van der Waals surface area contributed by atoms with Gasteiger partial charge in [-0.05, 0) is 31.4 Å². The predicted octanol–water partition coefficient (Wildman–Crippen LogP) is 3.48. The lowest BCUT2D eigenvalue weighted by Gasteiger charge is -2.43. The third kappa shape index (κ3) is 3.89. The standard InChI is InChI=1S/C20H24ClN7O/c1-3-16-19(29)27(2)17-12-23-20(25-18(17)28(16)15-6-4-5-7-15)26-24-11-14-9-8-13(21)10-22-14/h8-12,15-16H,3-7H2,1-2H3,(H,23,25,26)/b24-11+. The molecule has 3 heterocycles. The Hall–Kier alpha value is -2.74. The number of rotatable bonds is 5. The molecule has 8 nitrogen and oxygen atoms in total. The smallest absolute Gasteiger partial charge is 0.249 e. The van der Waals surface area contributed by atoms with Crippen LogP contribution in [0.1, 0.15) is 44.7 Å². The Bertz CT molecular complexity index is 912. The number of anilines is 3. The summed E-state index contributed by atoms with van der Waals surface area (Å²) in [6.07, 6.45) is 10.1. The van der Waals surface area contributed by atoms with Gasteiger partial charge in [-0.1, -0.05) is 31.4 Å². The van der Waals surface area contributed by atoms with Crippen LogP contribution in [0.3, 0.4) is 0 Å². The van der Waals surface area contributed by atoms with Gasteiger partial charge in [0.1, 0.15) is 11.7 Å². The zero-order valence-corrected chi connectivity index (χ0v) is 17.3. The van der Waals surface area contributed by atoms with Crippen molar-refractivity contribution in [1.29, 1.82) is 0 Å². The summed E-state index contributed by atoms with van der Waals surface area (Å²) < 4.78 is 0. The van der Waals surface area contributed by atoms with E-state index in [0.29, 0.717) is 22.7 Å². The second kappa shape index (κ2) is 8.32.